The third-order valence-corrected chi connectivity index (χ3v) is 4.57. The molecule has 0 radical (unpaired) electrons. The summed E-state index contributed by atoms with van der Waals surface area (Å²) in [5.41, 5.74) is 2.31. The fourth-order valence-corrected chi connectivity index (χ4v) is 3.23. The van der Waals surface area contributed by atoms with Gasteiger partial charge in [-0.25, -0.2) is 9.18 Å². The van der Waals surface area contributed by atoms with Gasteiger partial charge in [-0.05, 0) is 48.2 Å². The number of aromatic carboxylic acids is 1. The summed E-state index contributed by atoms with van der Waals surface area (Å²) in [6, 6.07) is 14.0. The minimum absolute atomic E-state index is 0.240. The van der Waals surface area contributed by atoms with Crippen molar-refractivity contribution in [3.05, 3.63) is 71.0 Å². The van der Waals surface area contributed by atoms with Crippen molar-refractivity contribution in [3.63, 3.8) is 0 Å². The molecule has 4 nitrogen and oxygen atoms in total. The molecule has 0 atom stereocenters. The summed E-state index contributed by atoms with van der Waals surface area (Å²) >= 11 is 0. The number of ether oxygens (including phenoxy) is 1. The first-order chi connectivity index (χ1) is 12.1. The van der Waals surface area contributed by atoms with Crippen molar-refractivity contribution in [2.45, 2.75) is 32.0 Å². The van der Waals surface area contributed by atoms with E-state index in [1.165, 1.54) is 12.1 Å². The Morgan fingerprint density at radius 3 is 2.44 bits per heavy atom. The summed E-state index contributed by atoms with van der Waals surface area (Å²) in [6.07, 6.45) is 1.89. The Morgan fingerprint density at radius 1 is 1.08 bits per heavy atom. The molecule has 1 aliphatic heterocycles. The lowest BCUT2D eigenvalue weighted by atomic mass is 10.0. The second-order valence-corrected chi connectivity index (χ2v) is 6.38. The van der Waals surface area contributed by atoms with Crippen molar-refractivity contribution in [1.29, 1.82) is 0 Å². The standard InChI is InChI=1S/C20H22FNO3/c21-18-6-4-15(5-7-18)13-22(19-8-10-25-11-9-19)14-16-2-1-3-17(12-16)20(23)24/h1-7,12,19H,8-11,13-14H2,(H,23,24). The molecule has 0 saturated carbocycles. The van der Waals surface area contributed by atoms with Crippen LogP contribution in [0.25, 0.3) is 0 Å². The Balaban J connectivity index is 1.79. The molecule has 1 fully saturated rings. The van der Waals surface area contributed by atoms with Crippen LogP contribution in [0.15, 0.2) is 48.5 Å². The van der Waals surface area contributed by atoms with Crippen LogP contribution in [0.4, 0.5) is 4.39 Å². The maximum atomic E-state index is 13.2. The fourth-order valence-electron chi connectivity index (χ4n) is 3.23. The molecule has 0 bridgehead atoms. The minimum Gasteiger partial charge on any atom is -0.478 e. The lowest BCUT2D eigenvalue weighted by molar-refractivity contribution is 0.0277. The molecule has 0 amide bonds. The zero-order chi connectivity index (χ0) is 17.6. The molecular weight excluding hydrogens is 321 g/mol. The number of nitrogens with zero attached hydrogens (tertiary/aromatic N) is 1. The number of hydrogen-bond donors (Lipinski definition) is 1. The van der Waals surface area contributed by atoms with E-state index in [0.717, 1.165) is 37.2 Å². The Bertz CT molecular complexity index is 711. The van der Waals surface area contributed by atoms with Crippen molar-refractivity contribution < 1.29 is 19.0 Å². The van der Waals surface area contributed by atoms with E-state index in [1.54, 1.807) is 30.3 Å². The summed E-state index contributed by atoms with van der Waals surface area (Å²) in [6.45, 7) is 2.82. The lowest BCUT2D eigenvalue weighted by Gasteiger charge is -2.34. The van der Waals surface area contributed by atoms with Gasteiger partial charge in [-0.2, -0.15) is 0 Å². The van der Waals surface area contributed by atoms with E-state index in [0.29, 0.717) is 24.7 Å². The number of halogens is 1. The van der Waals surface area contributed by atoms with Crippen molar-refractivity contribution in [1.82, 2.24) is 4.90 Å². The molecular formula is C20H22FNO3. The Kier molecular flexibility index (Phi) is 5.79. The van der Waals surface area contributed by atoms with Gasteiger partial charge in [0.1, 0.15) is 5.82 Å². The SMILES string of the molecule is O=C(O)c1cccc(CN(Cc2ccc(F)cc2)C2CCOCC2)c1. The Labute approximate surface area is 146 Å². The van der Waals surface area contributed by atoms with Crippen LogP contribution in [0, 0.1) is 5.82 Å². The van der Waals surface area contributed by atoms with Crippen LogP contribution >= 0.6 is 0 Å². The van der Waals surface area contributed by atoms with E-state index < -0.39 is 5.97 Å². The van der Waals surface area contributed by atoms with Crippen LogP contribution in [0.5, 0.6) is 0 Å². The monoisotopic (exact) mass is 343 g/mol. The van der Waals surface area contributed by atoms with E-state index >= 15 is 0 Å². The maximum Gasteiger partial charge on any atom is 0.335 e. The van der Waals surface area contributed by atoms with E-state index in [4.69, 9.17) is 4.74 Å². The van der Waals surface area contributed by atoms with Crippen molar-refractivity contribution in [3.8, 4) is 0 Å². The van der Waals surface area contributed by atoms with Gasteiger partial charge in [0, 0.05) is 32.3 Å². The number of carbonyl (C=O) groups is 1. The smallest absolute Gasteiger partial charge is 0.335 e. The van der Waals surface area contributed by atoms with Crippen LogP contribution in [0.3, 0.4) is 0 Å². The normalized spacial score (nSPS) is 15.4. The molecule has 1 saturated heterocycles. The van der Waals surface area contributed by atoms with E-state index in [-0.39, 0.29) is 5.82 Å². The molecule has 1 N–H and O–H groups in total. The first-order valence-electron chi connectivity index (χ1n) is 8.50. The van der Waals surface area contributed by atoms with Crippen LogP contribution < -0.4 is 0 Å². The van der Waals surface area contributed by atoms with Crippen LogP contribution in [0.2, 0.25) is 0 Å². The average molecular weight is 343 g/mol. The van der Waals surface area contributed by atoms with Gasteiger partial charge in [0.2, 0.25) is 0 Å². The summed E-state index contributed by atoms with van der Waals surface area (Å²) < 4.78 is 18.6. The fraction of sp³-hybridized carbons (Fsp3) is 0.350. The van der Waals surface area contributed by atoms with Gasteiger partial charge in [-0.15, -0.1) is 0 Å². The number of carboxylic acids is 1. The van der Waals surface area contributed by atoms with Gasteiger partial charge in [-0.3, -0.25) is 4.90 Å². The first kappa shape index (κ1) is 17.6. The molecule has 0 aliphatic carbocycles. The van der Waals surface area contributed by atoms with Crippen LogP contribution in [-0.4, -0.2) is 35.2 Å². The van der Waals surface area contributed by atoms with Crippen molar-refractivity contribution >= 4 is 5.97 Å². The van der Waals surface area contributed by atoms with Gasteiger partial charge in [0.05, 0.1) is 5.56 Å². The Morgan fingerprint density at radius 2 is 1.76 bits per heavy atom. The quantitative estimate of drug-likeness (QED) is 0.869. The summed E-state index contributed by atoms with van der Waals surface area (Å²) in [5.74, 6) is -1.16. The molecule has 1 heterocycles. The number of benzene rings is 2. The minimum atomic E-state index is -0.919. The summed E-state index contributed by atoms with van der Waals surface area (Å²) in [7, 11) is 0. The topological polar surface area (TPSA) is 49.8 Å². The highest BCUT2D eigenvalue weighted by Gasteiger charge is 2.22. The number of rotatable bonds is 6. The van der Waals surface area contributed by atoms with Gasteiger partial charge in [0.25, 0.3) is 0 Å². The molecule has 2 aromatic carbocycles. The molecule has 2 aromatic rings. The predicted octanol–water partition coefficient (Wildman–Crippen LogP) is 3.71. The molecule has 3 rings (SSSR count). The average Bonchev–Trinajstić information content (AvgIpc) is 2.64. The zero-order valence-corrected chi connectivity index (χ0v) is 14.0. The first-order valence-corrected chi connectivity index (χ1v) is 8.50. The van der Waals surface area contributed by atoms with E-state index in [9.17, 15) is 14.3 Å². The van der Waals surface area contributed by atoms with E-state index in [2.05, 4.69) is 4.90 Å². The highest BCUT2D eigenvalue weighted by molar-refractivity contribution is 5.87. The molecule has 0 unspecified atom stereocenters. The van der Waals surface area contributed by atoms with Crippen LogP contribution in [-0.2, 0) is 17.8 Å². The van der Waals surface area contributed by atoms with Gasteiger partial charge in [-0.1, -0.05) is 24.3 Å². The molecule has 132 valence electrons. The lowest BCUT2D eigenvalue weighted by Crippen LogP contribution is -2.38. The van der Waals surface area contributed by atoms with E-state index in [1.807, 2.05) is 6.07 Å². The second-order valence-electron chi connectivity index (χ2n) is 6.38. The molecule has 25 heavy (non-hydrogen) atoms. The second kappa shape index (κ2) is 8.23. The number of carboxylic acid groups (broad SMARTS) is 1. The largest absolute Gasteiger partial charge is 0.478 e. The van der Waals surface area contributed by atoms with Gasteiger partial charge in [0.15, 0.2) is 0 Å². The zero-order valence-electron chi connectivity index (χ0n) is 14.0. The van der Waals surface area contributed by atoms with Gasteiger partial charge >= 0.3 is 5.97 Å². The third-order valence-electron chi connectivity index (χ3n) is 4.57. The molecule has 5 heteroatoms. The van der Waals surface area contributed by atoms with Crippen molar-refractivity contribution in [2.75, 3.05) is 13.2 Å². The highest BCUT2D eigenvalue weighted by atomic mass is 19.1. The molecule has 1 aliphatic rings. The predicted molar refractivity (Wildman–Crippen MR) is 92.9 cm³/mol. The Hall–Kier alpha value is -2.24. The summed E-state index contributed by atoms with van der Waals surface area (Å²) in [4.78, 5) is 13.5. The van der Waals surface area contributed by atoms with Crippen LogP contribution in [0.1, 0.15) is 34.3 Å². The summed E-state index contributed by atoms with van der Waals surface area (Å²) in [5, 5.41) is 9.19. The third kappa shape index (κ3) is 4.87. The van der Waals surface area contributed by atoms with Crippen molar-refractivity contribution in [2.24, 2.45) is 0 Å². The molecule has 0 aromatic heterocycles. The number of hydrogen-bond acceptors (Lipinski definition) is 3. The molecule has 0 spiro atoms. The highest BCUT2D eigenvalue weighted by Crippen LogP contribution is 2.21. The van der Waals surface area contributed by atoms with Gasteiger partial charge < -0.3 is 9.84 Å². The maximum absolute atomic E-state index is 13.2.